The highest BCUT2D eigenvalue weighted by Gasteiger charge is 2.11. The molecule has 14 heavy (non-hydrogen) atoms. The summed E-state index contributed by atoms with van der Waals surface area (Å²) in [4.78, 5) is 8.03. The number of thiazole rings is 1. The molecule has 2 N–H and O–H groups in total. The lowest BCUT2D eigenvalue weighted by molar-refractivity contribution is 0.256. The Bertz CT molecular complexity index is 296. The number of aryl methyl sites for hydroxylation is 2. The zero-order valence-electron chi connectivity index (χ0n) is 9.37. The van der Waals surface area contributed by atoms with E-state index >= 15 is 0 Å². The van der Waals surface area contributed by atoms with Crippen LogP contribution in [-0.2, 0) is 6.54 Å². The first-order valence-electron chi connectivity index (χ1n) is 4.87. The summed E-state index contributed by atoms with van der Waals surface area (Å²) in [6, 6.07) is 0.428. The Morgan fingerprint density at radius 2 is 2.14 bits per heavy atom. The van der Waals surface area contributed by atoms with Gasteiger partial charge >= 0.3 is 0 Å². The van der Waals surface area contributed by atoms with E-state index in [2.05, 4.69) is 30.8 Å². The zero-order chi connectivity index (χ0) is 10.7. The van der Waals surface area contributed by atoms with Gasteiger partial charge in [0.2, 0.25) is 0 Å². The molecule has 0 aliphatic rings. The van der Waals surface area contributed by atoms with Gasteiger partial charge in [0.25, 0.3) is 0 Å². The molecule has 1 rings (SSSR count). The molecular formula is C10H19N3S. The Kier molecular flexibility index (Phi) is 4.04. The van der Waals surface area contributed by atoms with Crippen LogP contribution in [0, 0.1) is 13.8 Å². The monoisotopic (exact) mass is 213 g/mol. The lowest BCUT2D eigenvalue weighted by atomic mass is 10.3. The molecule has 0 amide bonds. The molecular weight excluding hydrogens is 194 g/mol. The van der Waals surface area contributed by atoms with Crippen molar-refractivity contribution in [2.75, 3.05) is 13.6 Å². The Morgan fingerprint density at radius 3 is 2.57 bits per heavy atom. The van der Waals surface area contributed by atoms with Crippen molar-refractivity contribution in [3.05, 3.63) is 15.6 Å². The molecule has 0 aromatic carbocycles. The van der Waals surface area contributed by atoms with Crippen molar-refractivity contribution in [3.8, 4) is 0 Å². The quantitative estimate of drug-likeness (QED) is 0.825. The van der Waals surface area contributed by atoms with Crippen LogP contribution in [0.5, 0.6) is 0 Å². The van der Waals surface area contributed by atoms with Gasteiger partial charge in [-0.1, -0.05) is 0 Å². The molecule has 0 radical (unpaired) electrons. The Balaban J connectivity index is 2.64. The van der Waals surface area contributed by atoms with E-state index < -0.39 is 0 Å². The van der Waals surface area contributed by atoms with E-state index in [1.165, 1.54) is 4.88 Å². The molecule has 0 bridgehead atoms. The summed E-state index contributed by atoms with van der Waals surface area (Å²) in [5, 5.41) is 1.14. The number of nitrogens with zero attached hydrogens (tertiary/aromatic N) is 2. The lowest BCUT2D eigenvalue weighted by Crippen LogP contribution is -2.34. The maximum absolute atomic E-state index is 5.62. The highest BCUT2D eigenvalue weighted by Crippen LogP contribution is 2.19. The van der Waals surface area contributed by atoms with Gasteiger partial charge in [-0.05, 0) is 27.8 Å². The molecule has 80 valence electrons. The van der Waals surface area contributed by atoms with Crippen molar-refractivity contribution in [1.29, 1.82) is 0 Å². The fraction of sp³-hybridized carbons (Fsp3) is 0.700. The molecule has 1 unspecified atom stereocenters. The summed E-state index contributed by atoms with van der Waals surface area (Å²) in [7, 11) is 2.10. The van der Waals surface area contributed by atoms with Gasteiger partial charge in [0, 0.05) is 24.0 Å². The van der Waals surface area contributed by atoms with Crippen LogP contribution in [0.2, 0.25) is 0 Å². The van der Waals surface area contributed by atoms with E-state index in [1.807, 2.05) is 6.92 Å². The van der Waals surface area contributed by atoms with E-state index in [0.717, 1.165) is 17.2 Å². The topological polar surface area (TPSA) is 42.2 Å². The van der Waals surface area contributed by atoms with Gasteiger partial charge in [0.05, 0.1) is 10.7 Å². The van der Waals surface area contributed by atoms with Gasteiger partial charge in [-0.3, -0.25) is 4.90 Å². The standard InChI is InChI=1S/C10H19N3S/c1-7(5-11)13(4)6-10-8(2)12-9(3)14-10/h7H,5-6,11H2,1-4H3. The van der Waals surface area contributed by atoms with Gasteiger partial charge in [-0.25, -0.2) is 4.98 Å². The van der Waals surface area contributed by atoms with Crippen molar-refractivity contribution >= 4 is 11.3 Å². The minimum absolute atomic E-state index is 0.428. The highest BCUT2D eigenvalue weighted by atomic mass is 32.1. The average Bonchev–Trinajstić information content (AvgIpc) is 2.44. The molecule has 3 nitrogen and oxygen atoms in total. The first kappa shape index (κ1) is 11.6. The van der Waals surface area contributed by atoms with Gasteiger partial charge in [-0.15, -0.1) is 11.3 Å². The van der Waals surface area contributed by atoms with Crippen LogP contribution in [0.3, 0.4) is 0 Å². The highest BCUT2D eigenvalue weighted by molar-refractivity contribution is 7.11. The summed E-state index contributed by atoms with van der Waals surface area (Å²) in [5.74, 6) is 0. The number of hydrogen-bond donors (Lipinski definition) is 1. The molecule has 0 saturated carbocycles. The second kappa shape index (κ2) is 4.87. The smallest absolute Gasteiger partial charge is 0.0900 e. The van der Waals surface area contributed by atoms with Gasteiger partial charge in [0.15, 0.2) is 0 Å². The first-order chi connectivity index (χ1) is 6.54. The Hall–Kier alpha value is -0.450. The van der Waals surface area contributed by atoms with E-state index in [4.69, 9.17) is 5.73 Å². The minimum atomic E-state index is 0.428. The second-order valence-electron chi connectivity index (χ2n) is 3.74. The van der Waals surface area contributed by atoms with Gasteiger partial charge in [0.1, 0.15) is 0 Å². The van der Waals surface area contributed by atoms with Crippen LogP contribution in [0.4, 0.5) is 0 Å². The molecule has 1 aromatic rings. The average molecular weight is 213 g/mol. The van der Waals surface area contributed by atoms with Crippen LogP contribution < -0.4 is 5.73 Å². The van der Waals surface area contributed by atoms with Gasteiger partial charge < -0.3 is 5.73 Å². The van der Waals surface area contributed by atoms with Crippen molar-refractivity contribution in [3.63, 3.8) is 0 Å². The summed E-state index contributed by atoms with van der Waals surface area (Å²) in [6.07, 6.45) is 0. The largest absolute Gasteiger partial charge is 0.329 e. The summed E-state index contributed by atoms with van der Waals surface area (Å²) in [5.41, 5.74) is 6.77. The van der Waals surface area contributed by atoms with E-state index in [9.17, 15) is 0 Å². The predicted octanol–water partition coefficient (Wildman–Crippen LogP) is 1.54. The fourth-order valence-electron chi connectivity index (χ4n) is 1.28. The summed E-state index contributed by atoms with van der Waals surface area (Å²) >= 11 is 1.78. The Morgan fingerprint density at radius 1 is 1.50 bits per heavy atom. The maximum atomic E-state index is 5.62. The third-order valence-corrected chi connectivity index (χ3v) is 3.54. The molecule has 1 heterocycles. The SMILES string of the molecule is Cc1nc(C)c(CN(C)C(C)CN)s1. The third-order valence-electron chi connectivity index (χ3n) is 2.49. The normalized spacial score (nSPS) is 13.6. The van der Waals surface area contributed by atoms with Crippen molar-refractivity contribution in [2.24, 2.45) is 5.73 Å². The molecule has 4 heteroatoms. The molecule has 0 saturated heterocycles. The van der Waals surface area contributed by atoms with Crippen molar-refractivity contribution in [2.45, 2.75) is 33.4 Å². The molecule has 1 atom stereocenters. The number of rotatable bonds is 4. The molecule has 0 fully saturated rings. The van der Waals surface area contributed by atoms with Crippen LogP contribution in [0.15, 0.2) is 0 Å². The van der Waals surface area contributed by atoms with Crippen molar-refractivity contribution in [1.82, 2.24) is 9.88 Å². The number of likely N-dealkylation sites (N-methyl/N-ethyl adjacent to an activating group) is 1. The maximum Gasteiger partial charge on any atom is 0.0900 e. The van der Waals surface area contributed by atoms with E-state index in [-0.39, 0.29) is 0 Å². The van der Waals surface area contributed by atoms with Crippen LogP contribution >= 0.6 is 11.3 Å². The molecule has 0 aliphatic carbocycles. The number of aromatic nitrogens is 1. The zero-order valence-corrected chi connectivity index (χ0v) is 10.2. The summed E-state index contributed by atoms with van der Waals surface area (Å²) < 4.78 is 0. The van der Waals surface area contributed by atoms with E-state index in [0.29, 0.717) is 12.6 Å². The molecule has 0 spiro atoms. The number of hydrogen-bond acceptors (Lipinski definition) is 4. The molecule has 0 aliphatic heterocycles. The molecule has 1 aromatic heterocycles. The van der Waals surface area contributed by atoms with Crippen molar-refractivity contribution < 1.29 is 0 Å². The van der Waals surface area contributed by atoms with Crippen LogP contribution in [-0.4, -0.2) is 29.5 Å². The van der Waals surface area contributed by atoms with Crippen LogP contribution in [0.1, 0.15) is 22.5 Å². The Labute approximate surface area is 89.9 Å². The van der Waals surface area contributed by atoms with Crippen LogP contribution in [0.25, 0.3) is 0 Å². The first-order valence-corrected chi connectivity index (χ1v) is 5.69. The predicted molar refractivity (Wildman–Crippen MR) is 61.6 cm³/mol. The third kappa shape index (κ3) is 2.77. The second-order valence-corrected chi connectivity index (χ2v) is 5.03. The fourth-order valence-corrected chi connectivity index (χ4v) is 2.28. The van der Waals surface area contributed by atoms with Gasteiger partial charge in [-0.2, -0.15) is 0 Å². The number of nitrogens with two attached hydrogens (primary N) is 1. The summed E-state index contributed by atoms with van der Waals surface area (Å²) in [6.45, 7) is 7.92. The lowest BCUT2D eigenvalue weighted by Gasteiger charge is -2.22. The minimum Gasteiger partial charge on any atom is -0.329 e. The van der Waals surface area contributed by atoms with E-state index in [1.54, 1.807) is 11.3 Å².